The van der Waals surface area contributed by atoms with Crippen LogP contribution < -0.4 is 10.6 Å². The van der Waals surface area contributed by atoms with E-state index in [2.05, 4.69) is 10.6 Å². The van der Waals surface area contributed by atoms with Crippen molar-refractivity contribution in [2.45, 2.75) is 141 Å². The molecule has 2 aromatic rings. The number of hydrogen-bond donors (Lipinski definition) is 3. The zero-order valence-electron chi connectivity index (χ0n) is 39.1. The van der Waals surface area contributed by atoms with Crippen molar-refractivity contribution >= 4 is 35.4 Å². The molecule has 2 saturated heterocycles. The Morgan fingerprint density at radius 3 is 1.91 bits per heavy atom. The van der Waals surface area contributed by atoms with Crippen LogP contribution >= 0.6 is 0 Å². The minimum absolute atomic E-state index is 0.0272. The normalized spacial score (nSPS) is 18.0. The monoisotopic (exact) mass is 891 g/mol. The molecule has 2 aromatic carbocycles. The predicted octanol–water partition coefficient (Wildman–Crippen LogP) is 6.42. The molecule has 64 heavy (non-hydrogen) atoms. The number of alkyl carbamates (subject to hydrolysis) is 1. The number of unbranched alkanes of at least 4 members (excludes halogenated alkanes) is 4. The maximum atomic E-state index is 14.5. The Kier molecular flexibility index (Phi) is 21.4. The van der Waals surface area contributed by atoms with Gasteiger partial charge in [-0.05, 0) is 76.3 Å². The van der Waals surface area contributed by atoms with Crippen molar-refractivity contribution in [3.05, 3.63) is 71.8 Å². The average molecular weight is 891 g/mol. The van der Waals surface area contributed by atoms with Crippen molar-refractivity contribution in [1.82, 2.24) is 20.4 Å². The molecule has 3 N–H and O–H groups in total. The molecule has 2 bridgehead atoms. The van der Waals surface area contributed by atoms with Gasteiger partial charge in [0.2, 0.25) is 11.8 Å². The highest BCUT2D eigenvalue weighted by Crippen LogP contribution is 2.35. The number of carbonyl (C=O) groups is 6. The number of aliphatic carboxylic acids is 1. The molecule has 0 radical (unpaired) electrons. The molecular formula is C50H74N4O10. The number of rotatable bonds is 29. The first-order valence-electron chi connectivity index (χ1n) is 23.3. The predicted molar refractivity (Wildman–Crippen MR) is 245 cm³/mol. The van der Waals surface area contributed by atoms with Gasteiger partial charge in [0.05, 0.1) is 31.8 Å². The van der Waals surface area contributed by atoms with Crippen LogP contribution in [0.4, 0.5) is 4.79 Å². The quantitative estimate of drug-likeness (QED) is 0.0768. The van der Waals surface area contributed by atoms with Gasteiger partial charge in [-0.3, -0.25) is 28.9 Å². The molecule has 354 valence electrons. The number of amides is 3. The zero-order chi connectivity index (χ0) is 46.6. The van der Waals surface area contributed by atoms with Crippen molar-refractivity contribution in [3.63, 3.8) is 0 Å². The number of ether oxygens (including phenoxy) is 3. The maximum Gasteiger partial charge on any atom is 0.408 e. The molecule has 0 saturated carbocycles. The first kappa shape index (κ1) is 52.0. The highest BCUT2D eigenvalue weighted by atomic mass is 16.6. The van der Waals surface area contributed by atoms with E-state index in [9.17, 15) is 33.9 Å². The van der Waals surface area contributed by atoms with Crippen LogP contribution in [0, 0.1) is 17.8 Å². The minimum Gasteiger partial charge on any atom is -0.480 e. The third-order valence-electron chi connectivity index (χ3n) is 11.9. The Labute approximate surface area is 380 Å². The summed E-state index contributed by atoms with van der Waals surface area (Å²) >= 11 is 0. The lowest BCUT2D eigenvalue weighted by Gasteiger charge is -2.57. The second kappa shape index (κ2) is 26.3. The summed E-state index contributed by atoms with van der Waals surface area (Å²) in [5.74, 6) is -3.44. The smallest absolute Gasteiger partial charge is 0.408 e. The number of carbonyl (C=O) groups excluding carboxylic acids is 5. The van der Waals surface area contributed by atoms with Gasteiger partial charge in [-0.2, -0.15) is 0 Å². The van der Waals surface area contributed by atoms with Crippen molar-refractivity contribution in [2.75, 3.05) is 46.6 Å². The second-order valence-electron chi connectivity index (χ2n) is 19.0. The summed E-state index contributed by atoms with van der Waals surface area (Å²) in [6, 6.07) is 16.6. The number of ketones is 2. The fourth-order valence-corrected chi connectivity index (χ4v) is 8.77. The van der Waals surface area contributed by atoms with Gasteiger partial charge in [0.1, 0.15) is 5.60 Å². The van der Waals surface area contributed by atoms with Crippen molar-refractivity contribution in [2.24, 2.45) is 17.8 Å². The largest absolute Gasteiger partial charge is 0.480 e. The van der Waals surface area contributed by atoms with Gasteiger partial charge in [-0.1, -0.05) is 100 Å². The highest BCUT2D eigenvalue weighted by molar-refractivity contribution is 5.95. The summed E-state index contributed by atoms with van der Waals surface area (Å²) in [5, 5.41) is 15.2. The standard InChI is InChI=1S/C50H74N4O10/c1-35(2)26-42(44(55)29-38(22-16-8-7-9-17-23-63-25-24-62-6)48(60)54-40-31-41(54)33-53(32-40)34-46(57)58)51-47(59)39(27-36-18-12-10-13-19-36)30-45(56)43(28-37-20-14-11-15-21-37)52-49(61)64-50(3,4)5/h10-15,18-21,35,38-43H,7-9,16-17,22-34H2,1-6H3,(H,51,59)(H,52,61)(H,57,58)/t38-,39-,40?,41?,42+,43+/m0/s1. The van der Waals surface area contributed by atoms with Crippen LogP contribution in [0.2, 0.25) is 0 Å². The van der Waals surface area contributed by atoms with E-state index in [4.69, 9.17) is 14.2 Å². The molecular weight excluding hydrogens is 817 g/mol. The SMILES string of the molecule is COCCOCCCCCCC[C@@H](CC(=O)[C@@H](CC(C)C)NC(=O)[C@H](CC(=O)[C@@H](Cc1ccccc1)NC(=O)OC(C)(C)C)Cc1ccccc1)C(=O)N1C2CC1CN(CC(=O)O)C2. The molecule has 0 aliphatic carbocycles. The fourth-order valence-electron chi connectivity index (χ4n) is 8.77. The topological polar surface area (TPSA) is 181 Å². The van der Waals surface area contributed by atoms with Gasteiger partial charge >= 0.3 is 12.1 Å². The summed E-state index contributed by atoms with van der Waals surface area (Å²) in [6.45, 7) is 11.9. The minimum atomic E-state index is -0.977. The summed E-state index contributed by atoms with van der Waals surface area (Å²) in [6.07, 6.45) is 5.64. The number of nitrogens with one attached hydrogen (secondary N) is 2. The van der Waals surface area contributed by atoms with E-state index >= 15 is 0 Å². The van der Waals surface area contributed by atoms with Crippen LogP contribution in [0.3, 0.4) is 0 Å². The number of benzene rings is 2. The van der Waals surface area contributed by atoms with Gasteiger partial charge in [-0.15, -0.1) is 0 Å². The third-order valence-corrected chi connectivity index (χ3v) is 11.9. The highest BCUT2D eigenvalue weighted by Gasteiger charge is 2.49. The molecule has 3 amide bonds. The maximum absolute atomic E-state index is 14.5. The second-order valence-corrected chi connectivity index (χ2v) is 19.0. The summed E-state index contributed by atoms with van der Waals surface area (Å²) in [4.78, 5) is 85.9. The number of fused-ring (bicyclic) bond motifs is 2. The number of carboxylic acids is 1. The van der Waals surface area contributed by atoms with E-state index in [1.807, 2.05) is 84.3 Å². The van der Waals surface area contributed by atoms with Gasteiger partial charge < -0.3 is 34.9 Å². The lowest BCUT2D eigenvalue weighted by atomic mass is 9.83. The van der Waals surface area contributed by atoms with Gasteiger partial charge in [0, 0.05) is 63.6 Å². The number of piperidine rings is 1. The van der Waals surface area contributed by atoms with Crippen LogP contribution in [0.1, 0.15) is 110 Å². The Morgan fingerprint density at radius 2 is 1.31 bits per heavy atom. The van der Waals surface area contributed by atoms with Gasteiger partial charge in [0.15, 0.2) is 11.6 Å². The molecule has 4 rings (SSSR count). The number of hydrogen-bond acceptors (Lipinski definition) is 10. The van der Waals surface area contributed by atoms with Crippen molar-refractivity contribution in [1.29, 1.82) is 0 Å². The molecule has 14 heteroatoms. The van der Waals surface area contributed by atoms with Gasteiger partial charge in [0.25, 0.3) is 0 Å². The summed E-state index contributed by atoms with van der Waals surface area (Å²) in [5.41, 5.74) is 0.877. The molecule has 2 fully saturated rings. The van der Waals surface area contributed by atoms with E-state index in [1.165, 1.54) is 0 Å². The molecule has 2 aliphatic rings. The van der Waals surface area contributed by atoms with Gasteiger partial charge in [-0.25, -0.2) is 4.79 Å². The van der Waals surface area contributed by atoms with Crippen LogP contribution in [0.15, 0.2) is 60.7 Å². The van der Waals surface area contributed by atoms with E-state index in [1.54, 1.807) is 27.9 Å². The number of nitrogens with zero attached hydrogens (tertiary/aromatic N) is 2. The lowest BCUT2D eigenvalue weighted by molar-refractivity contribution is -0.161. The molecule has 0 spiro atoms. The first-order chi connectivity index (χ1) is 30.5. The number of likely N-dealkylation sites (tertiary alicyclic amines) is 2. The summed E-state index contributed by atoms with van der Waals surface area (Å²) in [7, 11) is 1.64. The number of carboxylic acid groups (broad SMARTS) is 1. The first-order valence-corrected chi connectivity index (χ1v) is 23.3. The molecule has 6 atom stereocenters. The lowest BCUT2D eigenvalue weighted by Crippen LogP contribution is -2.71. The number of piperazine rings is 1. The van der Waals surface area contributed by atoms with E-state index < -0.39 is 47.5 Å². The Balaban J connectivity index is 1.51. The Hall–Kier alpha value is -4.66. The molecule has 2 heterocycles. The fraction of sp³-hybridized carbons (Fsp3) is 0.640. The van der Waals surface area contributed by atoms with Crippen LogP contribution in [-0.4, -0.2) is 127 Å². The number of methoxy groups -OCH3 is 1. The average Bonchev–Trinajstić information content (AvgIpc) is 3.22. The van der Waals surface area contributed by atoms with Crippen LogP contribution in [0.25, 0.3) is 0 Å². The molecule has 2 unspecified atom stereocenters. The molecule has 0 aromatic heterocycles. The third kappa shape index (κ3) is 18.1. The Morgan fingerprint density at radius 1 is 0.734 bits per heavy atom. The van der Waals surface area contributed by atoms with Crippen LogP contribution in [-0.2, 0) is 51.0 Å². The Bertz CT molecular complexity index is 1770. The van der Waals surface area contributed by atoms with E-state index in [-0.39, 0.29) is 67.7 Å². The van der Waals surface area contributed by atoms with E-state index in [0.717, 1.165) is 49.7 Å². The van der Waals surface area contributed by atoms with Crippen molar-refractivity contribution < 1.29 is 48.1 Å². The van der Waals surface area contributed by atoms with Crippen molar-refractivity contribution in [3.8, 4) is 0 Å². The van der Waals surface area contributed by atoms with E-state index in [0.29, 0.717) is 45.8 Å². The molecule has 14 nitrogen and oxygen atoms in total. The zero-order valence-corrected chi connectivity index (χ0v) is 39.1. The van der Waals surface area contributed by atoms with Crippen LogP contribution in [0.5, 0.6) is 0 Å². The summed E-state index contributed by atoms with van der Waals surface area (Å²) < 4.78 is 16.1. The number of Topliss-reactive ketones (excluding diaryl/α,β-unsaturated/α-hetero) is 2. The molecule has 2 aliphatic heterocycles.